The maximum absolute atomic E-state index is 12.2. The Bertz CT molecular complexity index is 521. The SMILES string of the molecule is Cc1cccc(C(=O)N2CC(O)C(O)C2)c1[N+](=O)[O-]. The number of para-hydroxylation sites is 1. The zero-order valence-corrected chi connectivity index (χ0v) is 10.3. The molecule has 0 aromatic heterocycles. The summed E-state index contributed by atoms with van der Waals surface area (Å²) in [6, 6.07) is 4.51. The lowest BCUT2D eigenvalue weighted by Crippen LogP contribution is -2.30. The summed E-state index contributed by atoms with van der Waals surface area (Å²) >= 11 is 0. The highest BCUT2D eigenvalue weighted by molar-refractivity contribution is 5.98. The van der Waals surface area contributed by atoms with Crippen LogP contribution in [0, 0.1) is 17.0 Å². The number of hydrogen-bond acceptors (Lipinski definition) is 5. The summed E-state index contributed by atoms with van der Waals surface area (Å²) in [5, 5.41) is 29.9. The van der Waals surface area contributed by atoms with Gasteiger partial charge in [0.2, 0.25) is 0 Å². The lowest BCUT2D eigenvalue weighted by molar-refractivity contribution is -0.385. The molecule has 0 saturated carbocycles. The molecule has 7 heteroatoms. The van der Waals surface area contributed by atoms with E-state index in [1.54, 1.807) is 19.1 Å². The number of hydrogen-bond donors (Lipinski definition) is 2. The summed E-state index contributed by atoms with van der Waals surface area (Å²) in [5.74, 6) is -0.550. The lowest BCUT2D eigenvalue weighted by atomic mass is 10.1. The smallest absolute Gasteiger partial charge is 0.285 e. The molecule has 102 valence electrons. The van der Waals surface area contributed by atoms with E-state index in [-0.39, 0.29) is 24.3 Å². The van der Waals surface area contributed by atoms with Crippen molar-refractivity contribution in [3.8, 4) is 0 Å². The van der Waals surface area contributed by atoms with Crippen LogP contribution in [0.25, 0.3) is 0 Å². The third-order valence-corrected chi connectivity index (χ3v) is 3.20. The fourth-order valence-electron chi connectivity index (χ4n) is 2.18. The zero-order chi connectivity index (χ0) is 14.2. The minimum atomic E-state index is -1.01. The van der Waals surface area contributed by atoms with Gasteiger partial charge >= 0.3 is 0 Å². The molecule has 1 aromatic rings. The van der Waals surface area contributed by atoms with E-state index in [0.717, 1.165) is 0 Å². The van der Waals surface area contributed by atoms with Gasteiger partial charge in [-0.25, -0.2) is 0 Å². The highest BCUT2D eigenvalue weighted by Crippen LogP contribution is 2.25. The fraction of sp³-hybridized carbons (Fsp3) is 0.417. The van der Waals surface area contributed by atoms with Crippen LogP contribution in [0.4, 0.5) is 5.69 Å². The van der Waals surface area contributed by atoms with E-state index in [2.05, 4.69) is 0 Å². The van der Waals surface area contributed by atoms with Crippen LogP contribution in [0.2, 0.25) is 0 Å². The molecular weight excluding hydrogens is 252 g/mol. The molecule has 0 aliphatic carbocycles. The minimum Gasteiger partial charge on any atom is -0.388 e. The van der Waals surface area contributed by atoms with Crippen molar-refractivity contribution in [3.63, 3.8) is 0 Å². The first-order valence-electron chi connectivity index (χ1n) is 5.81. The van der Waals surface area contributed by atoms with Gasteiger partial charge in [0.15, 0.2) is 0 Å². The van der Waals surface area contributed by atoms with Gasteiger partial charge in [-0.05, 0) is 13.0 Å². The average Bonchev–Trinajstić information content (AvgIpc) is 2.68. The van der Waals surface area contributed by atoms with Crippen molar-refractivity contribution in [2.24, 2.45) is 0 Å². The molecule has 19 heavy (non-hydrogen) atoms. The Balaban J connectivity index is 2.35. The minimum absolute atomic E-state index is 0.0219. The molecule has 1 heterocycles. The fourth-order valence-corrected chi connectivity index (χ4v) is 2.18. The van der Waals surface area contributed by atoms with Gasteiger partial charge in [0.1, 0.15) is 5.56 Å². The standard InChI is InChI=1S/C12H14N2O5/c1-7-3-2-4-8(11(7)14(18)19)12(17)13-5-9(15)10(16)6-13/h2-4,9-10,15-16H,5-6H2,1H3. The zero-order valence-electron chi connectivity index (χ0n) is 10.3. The predicted molar refractivity (Wildman–Crippen MR) is 65.8 cm³/mol. The van der Waals surface area contributed by atoms with Crippen molar-refractivity contribution in [2.45, 2.75) is 19.1 Å². The van der Waals surface area contributed by atoms with E-state index in [1.165, 1.54) is 11.0 Å². The summed E-state index contributed by atoms with van der Waals surface area (Å²) in [7, 11) is 0. The van der Waals surface area contributed by atoms with Crippen LogP contribution in [-0.2, 0) is 0 Å². The monoisotopic (exact) mass is 266 g/mol. The van der Waals surface area contributed by atoms with Crippen molar-refractivity contribution < 1.29 is 19.9 Å². The van der Waals surface area contributed by atoms with Crippen molar-refractivity contribution in [2.75, 3.05) is 13.1 Å². The van der Waals surface area contributed by atoms with Gasteiger partial charge in [0.25, 0.3) is 11.6 Å². The predicted octanol–water partition coefficient (Wildman–Crippen LogP) is 0.0808. The van der Waals surface area contributed by atoms with Gasteiger partial charge in [0.05, 0.1) is 17.1 Å². The first kappa shape index (κ1) is 13.4. The van der Waals surface area contributed by atoms with E-state index < -0.39 is 23.0 Å². The Labute approximate surface area is 109 Å². The molecule has 1 amide bonds. The number of aliphatic hydroxyl groups excluding tert-OH is 2. The summed E-state index contributed by atoms with van der Waals surface area (Å²) < 4.78 is 0. The summed E-state index contributed by atoms with van der Waals surface area (Å²) in [5.41, 5.74) is 0.144. The maximum atomic E-state index is 12.2. The number of carbonyl (C=O) groups is 1. The van der Waals surface area contributed by atoms with Crippen molar-refractivity contribution >= 4 is 11.6 Å². The number of likely N-dealkylation sites (tertiary alicyclic amines) is 1. The van der Waals surface area contributed by atoms with Crippen LogP contribution in [-0.4, -0.2) is 51.2 Å². The van der Waals surface area contributed by atoms with E-state index in [1.807, 2.05) is 0 Å². The molecule has 1 fully saturated rings. The molecule has 2 atom stereocenters. The number of nitrogens with zero attached hydrogens (tertiary/aromatic N) is 2. The van der Waals surface area contributed by atoms with Crippen LogP contribution >= 0.6 is 0 Å². The maximum Gasteiger partial charge on any atom is 0.285 e. The quantitative estimate of drug-likeness (QED) is 0.582. The van der Waals surface area contributed by atoms with Crippen LogP contribution in [0.15, 0.2) is 18.2 Å². The van der Waals surface area contributed by atoms with Crippen LogP contribution in [0.1, 0.15) is 15.9 Å². The first-order chi connectivity index (χ1) is 8.91. The first-order valence-corrected chi connectivity index (χ1v) is 5.81. The van der Waals surface area contributed by atoms with Gasteiger partial charge in [-0.3, -0.25) is 14.9 Å². The molecule has 1 aliphatic heterocycles. The number of nitro benzene ring substituents is 1. The van der Waals surface area contributed by atoms with E-state index in [9.17, 15) is 25.1 Å². The van der Waals surface area contributed by atoms with Gasteiger partial charge in [-0.2, -0.15) is 0 Å². The molecule has 0 spiro atoms. The van der Waals surface area contributed by atoms with Crippen molar-refractivity contribution in [1.29, 1.82) is 0 Å². The largest absolute Gasteiger partial charge is 0.388 e. The number of nitro groups is 1. The lowest BCUT2D eigenvalue weighted by Gasteiger charge is -2.15. The number of aryl methyl sites for hydroxylation is 1. The molecule has 2 rings (SSSR count). The molecule has 0 bridgehead atoms. The van der Waals surface area contributed by atoms with Crippen molar-refractivity contribution in [3.05, 3.63) is 39.4 Å². The van der Waals surface area contributed by atoms with E-state index >= 15 is 0 Å². The number of carbonyl (C=O) groups excluding carboxylic acids is 1. The molecule has 1 aromatic carbocycles. The number of amides is 1. The number of β-amino-alcohol motifs (C(OH)–C–C–N with tert-alkyl or cyclic N) is 2. The van der Waals surface area contributed by atoms with E-state index in [0.29, 0.717) is 5.56 Å². The third-order valence-electron chi connectivity index (χ3n) is 3.20. The number of aliphatic hydroxyl groups is 2. The molecule has 1 aliphatic rings. The van der Waals surface area contributed by atoms with Crippen LogP contribution < -0.4 is 0 Å². The Morgan fingerprint density at radius 2 is 1.95 bits per heavy atom. The molecule has 7 nitrogen and oxygen atoms in total. The molecule has 2 unspecified atom stereocenters. The second-order valence-electron chi connectivity index (χ2n) is 4.57. The Morgan fingerprint density at radius 3 is 2.47 bits per heavy atom. The van der Waals surface area contributed by atoms with Gasteiger partial charge in [-0.1, -0.05) is 12.1 Å². The summed E-state index contributed by atoms with van der Waals surface area (Å²) in [4.78, 5) is 23.9. The van der Waals surface area contributed by atoms with E-state index in [4.69, 9.17) is 0 Å². The highest BCUT2D eigenvalue weighted by Gasteiger charge is 2.35. The summed E-state index contributed by atoms with van der Waals surface area (Å²) in [6.07, 6.45) is -2.01. The highest BCUT2D eigenvalue weighted by atomic mass is 16.6. The Morgan fingerprint density at radius 1 is 1.37 bits per heavy atom. The van der Waals surface area contributed by atoms with Crippen molar-refractivity contribution in [1.82, 2.24) is 4.90 Å². The van der Waals surface area contributed by atoms with Gasteiger partial charge in [0, 0.05) is 18.7 Å². The normalized spacial score (nSPS) is 22.6. The van der Waals surface area contributed by atoms with Crippen LogP contribution in [0.3, 0.4) is 0 Å². The Hall–Kier alpha value is -1.99. The molecule has 1 saturated heterocycles. The third kappa shape index (κ3) is 2.42. The number of rotatable bonds is 2. The topological polar surface area (TPSA) is 104 Å². The second-order valence-corrected chi connectivity index (χ2v) is 4.57. The molecular formula is C12H14N2O5. The van der Waals surface area contributed by atoms with Gasteiger partial charge in [-0.15, -0.1) is 0 Å². The summed E-state index contributed by atoms with van der Waals surface area (Å²) in [6.45, 7) is 1.51. The number of benzene rings is 1. The van der Waals surface area contributed by atoms with Crippen LogP contribution in [0.5, 0.6) is 0 Å². The molecule has 2 N–H and O–H groups in total. The molecule has 0 radical (unpaired) electrons. The second kappa shape index (κ2) is 4.94. The average molecular weight is 266 g/mol. The van der Waals surface area contributed by atoms with Gasteiger partial charge < -0.3 is 15.1 Å². The Kier molecular flexibility index (Phi) is 3.50.